The third-order valence-electron chi connectivity index (χ3n) is 4.66. The SMILES string of the molecule is CC(=O)N[C@@H](C(=O)NNC(=O)c1cccc(S(=O)(=O)N2CCCCC2)c1)C(C)C. The number of benzene rings is 1. The molecule has 1 aromatic rings. The van der Waals surface area contributed by atoms with Crippen molar-refractivity contribution in [3.05, 3.63) is 29.8 Å². The Bertz CT molecular complexity index is 863. The van der Waals surface area contributed by atoms with Crippen LogP contribution in [0.2, 0.25) is 0 Å². The summed E-state index contributed by atoms with van der Waals surface area (Å²) in [5.41, 5.74) is 4.64. The van der Waals surface area contributed by atoms with Crippen LogP contribution in [0, 0.1) is 5.92 Å². The summed E-state index contributed by atoms with van der Waals surface area (Å²) in [6.07, 6.45) is 2.64. The van der Waals surface area contributed by atoms with E-state index in [4.69, 9.17) is 0 Å². The first-order valence-corrected chi connectivity index (χ1v) is 11.0. The smallest absolute Gasteiger partial charge is 0.269 e. The van der Waals surface area contributed by atoms with Gasteiger partial charge in [-0.3, -0.25) is 25.2 Å². The minimum Gasteiger partial charge on any atom is -0.344 e. The topological polar surface area (TPSA) is 125 Å². The zero-order valence-corrected chi connectivity index (χ0v) is 17.7. The second kappa shape index (κ2) is 9.84. The number of carbonyl (C=O) groups excluding carboxylic acids is 3. The molecule has 1 saturated heterocycles. The summed E-state index contributed by atoms with van der Waals surface area (Å²) in [6, 6.07) is 4.88. The van der Waals surface area contributed by atoms with Gasteiger partial charge in [-0.25, -0.2) is 8.42 Å². The van der Waals surface area contributed by atoms with Crippen LogP contribution in [0.4, 0.5) is 0 Å². The summed E-state index contributed by atoms with van der Waals surface area (Å²) in [4.78, 5) is 35.9. The van der Waals surface area contributed by atoms with Gasteiger partial charge in [0.05, 0.1) is 4.90 Å². The molecule has 0 aliphatic carbocycles. The predicted molar refractivity (Wildman–Crippen MR) is 107 cm³/mol. The maximum absolute atomic E-state index is 12.8. The number of carbonyl (C=O) groups is 3. The molecule has 0 spiro atoms. The van der Waals surface area contributed by atoms with Crippen LogP contribution in [0.5, 0.6) is 0 Å². The van der Waals surface area contributed by atoms with Gasteiger partial charge >= 0.3 is 0 Å². The number of nitrogens with one attached hydrogen (secondary N) is 3. The van der Waals surface area contributed by atoms with E-state index < -0.39 is 27.9 Å². The van der Waals surface area contributed by atoms with Crippen LogP contribution < -0.4 is 16.2 Å². The van der Waals surface area contributed by atoms with Crippen molar-refractivity contribution < 1.29 is 22.8 Å². The van der Waals surface area contributed by atoms with E-state index in [0.717, 1.165) is 19.3 Å². The van der Waals surface area contributed by atoms with E-state index in [2.05, 4.69) is 16.2 Å². The number of nitrogens with zero attached hydrogens (tertiary/aromatic N) is 1. The highest BCUT2D eigenvalue weighted by atomic mass is 32.2. The molecular weight excluding hydrogens is 396 g/mol. The standard InChI is InChI=1S/C19H28N4O5S/c1-13(2)17(20-14(3)24)19(26)22-21-18(25)15-8-7-9-16(12-15)29(27,28)23-10-5-4-6-11-23/h7-9,12-13,17H,4-6,10-11H2,1-3H3,(H,20,24)(H,21,25)(H,22,26)/t17-/m1/s1. The fourth-order valence-electron chi connectivity index (χ4n) is 3.07. The first-order chi connectivity index (χ1) is 13.6. The summed E-state index contributed by atoms with van der Waals surface area (Å²) in [6.45, 7) is 5.76. The molecule has 1 fully saturated rings. The van der Waals surface area contributed by atoms with Gasteiger partial charge in [-0.15, -0.1) is 0 Å². The summed E-state index contributed by atoms with van der Waals surface area (Å²) >= 11 is 0. The number of amides is 3. The second-order valence-electron chi connectivity index (χ2n) is 7.36. The molecule has 3 N–H and O–H groups in total. The average Bonchev–Trinajstić information content (AvgIpc) is 2.70. The first kappa shape index (κ1) is 22.8. The molecule has 0 aromatic heterocycles. The van der Waals surface area contributed by atoms with E-state index >= 15 is 0 Å². The second-order valence-corrected chi connectivity index (χ2v) is 9.30. The summed E-state index contributed by atoms with van der Waals surface area (Å²) in [7, 11) is -3.67. The lowest BCUT2D eigenvalue weighted by Gasteiger charge is -2.26. The first-order valence-electron chi connectivity index (χ1n) is 9.60. The zero-order valence-electron chi connectivity index (χ0n) is 16.9. The van der Waals surface area contributed by atoms with Crippen LogP contribution in [-0.2, 0) is 19.6 Å². The molecule has 0 saturated carbocycles. The van der Waals surface area contributed by atoms with Crippen LogP contribution in [0.25, 0.3) is 0 Å². The highest BCUT2D eigenvalue weighted by Crippen LogP contribution is 2.21. The Morgan fingerprint density at radius 1 is 1.03 bits per heavy atom. The number of hydrogen-bond acceptors (Lipinski definition) is 5. The molecule has 3 amide bonds. The average molecular weight is 425 g/mol. The van der Waals surface area contributed by atoms with Gasteiger partial charge in [0, 0.05) is 25.6 Å². The number of hydrogen-bond donors (Lipinski definition) is 3. The quantitative estimate of drug-likeness (QED) is 0.582. The Labute approximate surface area is 171 Å². The molecule has 1 aliphatic rings. The summed E-state index contributed by atoms with van der Waals surface area (Å²) in [5.74, 6) is -1.77. The van der Waals surface area contributed by atoms with E-state index in [1.807, 2.05) is 0 Å². The Balaban J connectivity index is 2.07. The molecule has 0 bridgehead atoms. The van der Waals surface area contributed by atoms with Gasteiger partial charge in [0.2, 0.25) is 15.9 Å². The zero-order chi connectivity index (χ0) is 21.6. The van der Waals surface area contributed by atoms with Gasteiger partial charge in [-0.1, -0.05) is 26.3 Å². The Hall–Kier alpha value is -2.46. The molecule has 0 radical (unpaired) electrons. The highest BCUT2D eigenvalue weighted by Gasteiger charge is 2.27. The van der Waals surface area contributed by atoms with Crippen molar-refractivity contribution in [1.82, 2.24) is 20.5 Å². The van der Waals surface area contributed by atoms with Gasteiger partial charge in [-0.2, -0.15) is 4.31 Å². The summed E-state index contributed by atoms with van der Waals surface area (Å²) < 4.78 is 27.0. The molecule has 29 heavy (non-hydrogen) atoms. The minimum atomic E-state index is -3.67. The number of rotatable bonds is 6. The van der Waals surface area contributed by atoms with Crippen molar-refractivity contribution in [3.63, 3.8) is 0 Å². The molecule has 2 rings (SSSR count). The van der Waals surface area contributed by atoms with Crippen molar-refractivity contribution in [2.24, 2.45) is 5.92 Å². The maximum Gasteiger partial charge on any atom is 0.269 e. The Morgan fingerprint density at radius 2 is 1.69 bits per heavy atom. The van der Waals surface area contributed by atoms with E-state index in [1.165, 1.54) is 35.5 Å². The van der Waals surface area contributed by atoms with E-state index in [9.17, 15) is 22.8 Å². The third-order valence-corrected chi connectivity index (χ3v) is 6.55. The molecule has 9 nitrogen and oxygen atoms in total. The van der Waals surface area contributed by atoms with Crippen LogP contribution in [-0.4, -0.2) is 49.6 Å². The summed E-state index contributed by atoms with van der Waals surface area (Å²) in [5, 5.41) is 2.52. The van der Waals surface area contributed by atoms with Gasteiger partial charge in [-0.05, 0) is 37.0 Å². The molecule has 1 heterocycles. The minimum absolute atomic E-state index is 0.0386. The fraction of sp³-hybridized carbons (Fsp3) is 0.526. The highest BCUT2D eigenvalue weighted by molar-refractivity contribution is 7.89. The molecule has 1 atom stereocenters. The molecule has 10 heteroatoms. The van der Waals surface area contributed by atoms with Crippen LogP contribution in [0.15, 0.2) is 29.2 Å². The van der Waals surface area contributed by atoms with Crippen molar-refractivity contribution >= 4 is 27.7 Å². The van der Waals surface area contributed by atoms with E-state index in [-0.39, 0.29) is 22.3 Å². The maximum atomic E-state index is 12.8. The predicted octanol–water partition coefficient (Wildman–Crippen LogP) is 0.783. The molecule has 0 unspecified atom stereocenters. The lowest BCUT2D eigenvalue weighted by molar-refractivity contribution is -0.129. The van der Waals surface area contributed by atoms with Gasteiger partial charge in [0.1, 0.15) is 6.04 Å². The molecule has 160 valence electrons. The number of piperidine rings is 1. The van der Waals surface area contributed by atoms with Crippen LogP contribution in [0.1, 0.15) is 50.4 Å². The van der Waals surface area contributed by atoms with Gasteiger partial charge in [0.25, 0.3) is 11.8 Å². The monoisotopic (exact) mass is 424 g/mol. The molecular formula is C19H28N4O5S. The third kappa shape index (κ3) is 6.01. The van der Waals surface area contributed by atoms with Crippen molar-refractivity contribution in [2.45, 2.75) is 51.0 Å². The number of hydrazine groups is 1. The Kier molecular flexibility index (Phi) is 7.74. The normalized spacial score (nSPS) is 16.1. The molecule has 1 aromatic carbocycles. The van der Waals surface area contributed by atoms with Crippen molar-refractivity contribution in [3.8, 4) is 0 Å². The fourth-order valence-corrected chi connectivity index (χ4v) is 4.64. The lowest BCUT2D eigenvalue weighted by atomic mass is 10.0. The molecule has 1 aliphatic heterocycles. The van der Waals surface area contributed by atoms with E-state index in [1.54, 1.807) is 13.8 Å². The van der Waals surface area contributed by atoms with Gasteiger partial charge in [0.15, 0.2) is 0 Å². The number of sulfonamides is 1. The van der Waals surface area contributed by atoms with Crippen molar-refractivity contribution in [1.29, 1.82) is 0 Å². The Morgan fingerprint density at radius 3 is 2.28 bits per heavy atom. The van der Waals surface area contributed by atoms with Crippen molar-refractivity contribution in [2.75, 3.05) is 13.1 Å². The van der Waals surface area contributed by atoms with Crippen LogP contribution >= 0.6 is 0 Å². The largest absolute Gasteiger partial charge is 0.344 e. The lowest BCUT2D eigenvalue weighted by Crippen LogP contribution is -2.54. The van der Waals surface area contributed by atoms with Crippen LogP contribution in [0.3, 0.4) is 0 Å². The van der Waals surface area contributed by atoms with Gasteiger partial charge < -0.3 is 5.32 Å². The van der Waals surface area contributed by atoms with E-state index in [0.29, 0.717) is 13.1 Å².